The maximum atomic E-state index is 13.7. The van der Waals surface area contributed by atoms with Gasteiger partial charge in [-0.25, -0.2) is 4.79 Å². The first-order valence-electron chi connectivity index (χ1n) is 12.0. The third-order valence-corrected chi connectivity index (χ3v) is 6.65. The predicted molar refractivity (Wildman–Crippen MR) is 142 cm³/mol. The summed E-state index contributed by atoms with van der Waals surface area (Å²) >= 11 is 0. The normalized spacial score (nSPS) is 16.4. The maximum Gasteiger partial charge on any atom is 0.332 e. The number of imidazole rings is 1. The summed E-state index contributed by atoms with van der Waals surface area (Å²) in [6.07, 6.45) is 2.85. The van der Waals surface area contributed by atoms with Crippen molar-refractivity contribution in [2.45, 2.75) is 39.4 Å². The van der Waals surface area contributed by atoms with E-state index in [0.29, 0.717) is 24.0 Å². The van der Waals surface area contributed by atoms with Crippen LogP contribution in [0.5, 0.6) is 0 Å². The van der Waals surface area contributed by atoms with Gasteiger partial charge in [0.25, 0.3) is 5.56 Å². The van der Waals surface area contributed by atoms with Gasteiger partial charge in [-0.1, -0.05) is 30.3 Å². The molecule has 5 rings (SSSR count). The van der Waals surface area contributed by atoms with Crippen LogP contribution in [0.2, 0.25) is 0 Å². The van der Waals surface area contributed by atoms with Crippen LogP contribution in [0.3, 0.4) is 0 Å². The van der Waals surface area contributed by atoms with Gasteiger partial charge in [0.2, 0.25) is 11.9 Å². The first-order valence-corrected chi connectivity index (χ1v) is 12.0. The first-order chi connectivity index (χ1) is 17.3. The quantitative estimate of drug-likeness (QED) is 0.439. The molecular weight excluding hydrogens is 498 g/mol. The molecule has 4 heterocycles. The molecule has 2 N–H and O–H groups in total. The van der Waals surface area contributed by atoms with E-state index in [0.717, 1.165) is 23.2 Å². The summed E-state index contributed by atoms with van der Waals surface area (Å²) in [6.45, 7) is 4.67. The summed E-state index contributed by atoms with van der Waals surface area (Å²) in [6, 6.07) is 8.43. The molecule has 0 saturated carbocycles. The molecule has 1 unspecified atom stereocenters. The monoisotopic (exact) mass is 527 g/mol. The van der Waals surface area contributed by atoms with Gasteiger partial charge in [0.05, 0.1) is 6.54 Å². The zero-order chi connectivity index (χ0) is 25.6. The Kier molecular flexibility index (Phi) is 7.26. The number of amides is 1. The molecule has 0 spiro atoms. The molecule has 2 aromatic heterocycles. The topological polar surface area (TPSA) is 123 Å². The number of hydrogen-bond acceptors (Lipinski definition) is 7. The van der Waals surface area contributed by atoms with E-state index in [1.807, 2.05) is 24.9 Å². The minimum atomic E-state index is -0.650. The van der Waals surface area contributed by atoms with Crippen LogP contribution in [-0.2, 0) is 24.9 Å². The van der Waals surface area contributed by atoms with Crippen molar-refractivity contribution in [1.82, 2.24) is 29.3 Å². The molecule has 0 bridgehead atoms. The number of aromatic nitrogens is 4. The van der Waals surface area contributed by atoms with Crippen molar-refractivity contribution in [3.8, 4) is 0 Å². The second-order valence-electron chi connectivity index (χ2n) is 9.53. The summed E-state index contributed by atoms with van der Waals surface area (Å²) in [4.78, 5) is 59.3. The lowest BCUT2D eigenvalue weighted by Crippen LogP contribution is -2.42. The number of Topliss-reactive ketones (excluding diaryl/α,β-unsaturated/α-hetero) is 1. The highest BCUT2D eigenvalue weighted by atomic mass is 35.5. The fourth-order valence-corrected chi connectivity index (χ4v) is 4.93. The number of fused-ring (bicyclic) bond motifs is 2. The number of nitrogens with one attached hydrogen (secondary N) is 2. The molecule has 2 aliphatic rings. The number of benzene rings is 1. The number of carbonyl (C=O) groups is 2. The van der Waals surface area contributed by atoms with E-state index in [1.165, 1.54) is 11.6 Å². The number of anilines is 1. The number of nitrogens with zero attached hydrogens (tertiary/aromatic N) is 5. The van der Waals surface area contributed by atoms with Gasteiger partial charge in [-0.15, -0.1) is 12.4 Å². The molecular formula is C25H30ClN7O4. The van der Waals surface area contributed by atoms with Crippen LogP contribution in [0.4, 0.5) is 5.95 Å². The summed E-state index contributed by atoms with van der Waals surface area (Å²) in [5, 5.41) is 6.10. The number of rotatable bonds is 7. The molecule has 2 aliphatic heterocycles. The molecule has 0 radical (unpaired) electrons. The van der Waals surface area contributed by atoms with Crippen molar-refractivity contribution >= 4 is 41.2 Å². The van der Waals surface area contributed by atoms with E-state index in [9.17, 15) is 19.2 Å². The van der Waals surface area contributed by atoms with Gasteiger partial charge in [0.1, 0.15) is 6.54 Å². The van der Waals surface area contributed by atoms with Crippen LogP contribution < -0.4 is 26.8 Å². The lowest BCUT2D eigenvalue weighted by Gasteiger charge is -2.20. The molecule has 196 valence electrons. The zero-order valence-electron chi connectivity index (χ0n) is 20.9. The zero-order valence-corrected chi connectivity index (χ0v) is 21.7. The van der Waals surface area contributed by atoms with Gasteiger partial charge in [0.15, 0.2) is 16.9 Å². The van der Waals surface area contributed by atoms with Gasteiger partial charge >= 0.3 is 5.69 Å². The summed E-state index contributed by atoms with van der Waals surface area (Å²) in [5.41, 5.74) is 0.447. The Bertz CT molecular complexity index is 1500. The van der Waals surface area contributed by atoms with Gasteiger partial charge in [-0.2, -0.15) is 4.98 Å². The van der Waals surface area contributed by atoms with Crippen LogP contribution in [0, 0.1) is 5.92 Å². The van der Waals surface area contributed by atoms with E-state index < -0.39 is 17.8 Å². The average Bonchev–Trinajstić information content (AvgIpc) is 3.55. The van der Waals surface area contributed by atoms with Gasteiger partial charge < -0.3 is 15.5 Å². The van der Waals surface area contributed by atoms with Crippen LogP contribution in [0.15, 0.2) is 51.8 Å². The minimum Gasteiger partial charge on any atom is -0.389 e. The van der Waals surface area contributed by atoms with Crippen molar-refractivity contribution in [1.29, 1.82) is 0 Å². The number of ketones is 1. The number of aryl methyl sites for hydroxylation is 1. The van der Waals surface area contributed by atoms with Gasteiger partial charge in [-0.05, 0) is 20.3 Å². The molecule has 1 atom stereocenters. The molecule has 3 aromatic rings. The second kappa shape index (κ2) is 10.3. The first kappa shape index (κ1) is 26.2. The Morgan fingerprint density at radius 3 is 2.57 bits per heavy atom. The Hall–Kier alpha value is -3.86. The standard InChI is InChI=1S/C25H29N7O4.ClH/c1-15(2)27-20(34)14-31-21-22(28-24(31)30-10-9-17-11-26-12-18(17)30)29(3)25(36)32(23(21)35)13-19(33)16-7-5-4-6-8-16;/h4-8,12,15,17,26H,9-11,13-14H2,1-3H3,(H,27,34);1H. The Morgan fingerprint density at radius 2 is 1.86 bits per heavy atom. The van der Waals surface area contributed by atoms with Crippen LogP contribution in [0.1, 0.15) is 30.6 Å². The molecule has 1 saturated heterocycles. The SMILES string of the molecule is CC(C)NC(=O)Cn1c(N2CCC3CNC=C32)nc2c1c(=O)n(CC(=O)c1ccccc1)c(=O)n2C.Cl. The van der Waals surface area contributed by atoms with Crippen molar-refractivity contribution in [3.63, 3.8) is 0 Å². The van der Waals surface area contributed by atoms with Crippen LogP contribution in [-0.4, -0.2) is 49.5 Å². The summed E-state index contributed by atoms with van der Waals surface area (Å²) < 4.78 is 3.76. The molecule has 1 fully saturated rings. The Balaban J connectivity index is 0.00000320. The number of carbonyl (C=O) groups excluding carboxylic acids is 2. The Labute approximate surface area is 219 Å². The smallest absolute Gasteiger partial charge is 0.332 e. The molecule has 0 aliphatic carbocycles. The molecule has 11 nitrogen and oxygen atoms in total. The highest BCUT2D eigenvalue weighted by molar-refractivity contribution is 5.96. The molecule has 1 aromatic carbocycles. The van der Waals surface area contributed by atoms with Crippen molar-refractivity contribution < 1.29 is 9.59 Å². The van der Waals surface area contributed by atoms with E-state index in [-0.39, 0.29) is 47.8 Å². The highest BCUT2D eigenvalue weighted by Crippen LogP contribution is 2.35. The minimum absolute atomic E-state index is 0. The fourth-order valence-electron chi connectivity index (χ4n) is 4.93. The van der Waals surface area contributed by atoms with Crippen LogP contribution in [0.25, 0.3) is 11.2 Å². The van der Waals surface area contributed by atoms with Crippen LogP contribution >= 0.6 is 12.4 Å². The lowest BCUT2D eigenvalue weighted by molar-refractivity contribution is -0.122. The average molecular weight is 528 g/mol. The molecule has 12 heteroatoms. The largest absolute Gasteiger partial charge is 0.389 e. The van der Waals surface area contributed by atoms with E-state index >= 15 is 0 Å². The lowest BCUT2D eigenvalue weighted by atomic mass is 10.1. The van der Waals surface area contributed by atoms with E-state index in [1.54, 1.807) is 34.9 Å². The summed E-state index contributed by atoms with van der Waals surface area (Å²) in [7, 11) is 1.52. The molecule has 1 amide bonds. The highest BCUT2D eigenvalue weighted by Gasteiger charge is 2.35. The third kappa shape index (κ3) is 4.66. The number of hydrogen-bond donors (Lipinski definition) is 2. The van der Waals surface area contributed by atoms with Crippen molar-refractivity contribution in [3.05, 3.63) is 68.6 Å². The fraction of sp³-hybridized carbons (Fsp3) is 0.400. The van der Waals surface area contributed by atoms with Gasteiger partial charge in [0, 0.05) is 49.6 Å². The van der Waals surface area contributed by atoms with Crippen molar-refractivity contribution in [2.24, 2.45) is 13.0 Å². The predicted octanol–water partition coefficient (Wildman–Crippen LogP) is 0.997. The molecule has 37 heavy (non-hydrogen) atoms. The Morgan fingerprint density at radius 1 is 1.14 bits per heavy atom. The van der Waals surface area contributed by atoms with E-state index in [2.05, 4.69) is 10.6 Å². The van der Waals surface area contributed by atoms with E-state index in [4.69, 9.17) is 4.98 Å². The summed E-state index contributed by atoms with van der Waals surface area (Å²) in [5.74, 6) is 0.120. The van der Waals surface area contributed by atoms with Gasteiger partial charge in [-0.3, -0.25) is 28.1 Å². The third-order valence-electron chi connectivity index (χ3n) is 6.65. The second-order valence-corrected chi connectivity index (χ2v) is 9.53. The van der Waals surface area contributed by atoms with Crippen molar-refractivity contribution in [2.75, 3.05) is 18.0 Å². The maximum absolute atomic E-state index is 13.7. The number of halogens is 1.